The first-order valence-electron chi connectivity index (χ1n) is 9.12. The lowest BCUT2D eigenvalue weighted by Gasteiger charge is -2.32. The Morgan fingerprint density at radius 1 is 1.30 bits per heavy atom. The molecule has 1 N–H and O–H groups in total. The van der Waals surface area contributed by atoms with Crippen molar-refractivity contribution in [2.75, 3.05) is 13.1 Å². The lowest BCUT2D eigenvalue weighted by Crippen LogP contribution is -2.36. The zero-order valence-electron chi connectivity index (χ0n) is 15.0. The molecule has 1 aliphatic heterocycles. The highest BCUT2D eigenvalue weighted by molar-refractivity contribution is 5.84. The number of piperidine rings is 1. The third-order valence-corrected chi connectivity index (χ3v) is 4.89. The Balaban J connectivity index is 1.38. The summed E-state index contributed by atoms with van der Waals surface area (Å²) in [6, 6.07) is 10.4. The number of likely N-dealkylation sites (tertiary alicyclic amines) is 1. The number of aromatic carboxylic acids is 1. The molecular formula is C19H22N6O2. The Morgan fingerprint density at radius 2 is 2.22 bits per heavy atom. The molecule has 0 bridgehead atoms. The van der Waals surface area contributed by atoms with Crippen LogP contribution < -0.4 is 0 Å². The number of carbonyl (C=O) groups is 1. The molecule has 8 heteroatoms. The van der Waals surface area contributed by atoms with Gasteiger partial charge in [-0.1, -0.05) is 17.3 Å². The summed E-state index contributed by atoms with van der Waals surface area (Å²) in [5, 5.41) is 20.9. The summed E-state index contributed by atoms with van der Waals surface area (Å²) in [6.07, 6.45) is 7.48. The van der Waals surface area contributed by atoms with E-state index >= 15 is 0 Å². The van der Waals surface area contributed by atoms with E-state index < -0.39 is 5.97 Å². The van der Waals surface area contributed by atoms with Crippen LogP contribution in [0.4, 0.5) is 0 Å². The molecule has 3 heterocycles. The molecular weight excluding hydrogens is 344 g/mol. The molecule has 1 atom stereocenters. The molecule has 0 radical (unpaired) electrons. The normalized spacial score (nSPS) is 17.9. The number of benzene rings is 1. The smallest absolute Gasteiger partial charge is 0.358 e. The molecule has 3 aromatic rings. The molecule has 0 unspecified atom stereocenters. The average Bonchev–Trinajstić information content (AvgIpc) is 3.34. The first kappa shape index (κ1) is 17.4. The van der Waals surface area contributed by atoms with Crippen LogP contribution in [0.25, 0.3) is 5.69 Å². The number of hydrogen-bond donors (Lipinski definition) is 1. The molecule has 2 aromatic heterocycles. The molecule has 0 amide bonds. The maximum absolute atomic E-state index is 10.9. The summed E-state index contributed by atoms with van der Waals surface area (Å²) < 4.78 is 3.52. The summed E-state index contributed by atoms with van der Waals surface area (Å²) >= 11 is 0. The molecule has 1 aromatic carbocycles. The zero-order valence-corrected chi connectivity index (χ0v) is 15.0. The summed E-state index contributed by atoms with van der Waals surface area (Å²) in [5.74, 6) is -0.597. The number of carboxylic acids is 1. The fraction of sp³-hybridized carbons (Fsp3) is 0.368. The molecule has 1 aliphatic rings. The molecule has 0 aliphatic carbocycles. The quantitative estimate of drug-likeness (QED) is 0.718. The van der Waals surface area contributed by atoms with Gasteiger partial charge in [0.05, 0.1) is 11.9 Å². The predicted octanol–water partition coefficient (Wildman–Crippen LogP) is 2.07. The van der Waals surface area contributed by atoms with E-state index in [1.807, 2.05) is 16.9 Å². The zero-order chi connectivity index (χ0) is 18.6. The third kappa shape index (κ3) is 4.22. The molecule has 4 rings (SSSR count). The van der Waals surface area contributed by atoms with Crippen LogP contribution in [0.2, 0.25) is 0 Å². The van der Waals surface area contributed by atoms with Crippen molar-refractivity contribution < 1.29 is 9.90 Å². The van der Waals surface area contributed by atoms with Gasteiger partial charge in [0.15, 0.2) is 5.69 Å². The van der Waals surface area contributed by atoms with Gasteiger partial charge in [-0.05, 0) is 49.1 Å². The van der Waals surface area contributed by atoms with Crippen LogP contribution >= 0.6 is 0 Å². The first-order chi connectivity index (χ1) is 13.2. The SMILES string of the molecule is O=C(O)c1cn(C[C@H]2CCCN(Cc3cccc(-n4cccn4)c3)C2)nn1. The second-order valence-corrected chi connectivity index (χ2v) is 6.99. The van der Waals surface area contributed by atoms with E-state index in [0.717, 1.165) is 38.2 Å². The molecule has 8 nitrogen and oxygen atoms in total. The van der Waals surface area contributed by atoms with E-state index in [0.29, 0.717) is 12.5 Å². The second-order valence-electron chi connectivity index (χ2n) is 6.99. The summed E-state index contributed by atoms with van der Waals surface area (Å²) in [6.45, 7) is 3.63. The number of nitrogens with zero attached hydrogens (tertiary/aromatic N) is 6. The maximum atomic E-state index is 10.9. The van der Waals surface area contributed by atoms with E-state index in [1.165, 1.54) is 11.8 Å². The van der Waals surface area contributed by atoms with E-state index in [4.69, 9.17) is 5.11 Å². The van der Waals surface area contributed by atoms with Gasteiger partial charge in [-0.25, -0.2) is 9.48 Å². The minimum atomic E-state index is -1.04. The van der Waals surface area contributed by atoms with E-state index in [2.05, 4.69) is 44.6 Å². The minimum absolute atomic E-state index is 0.00176. The minimum Gasteiger partial charge on any atom is -0.476 e. The van der Waals surface area contributed by atoms with Gasteiger partial charge in [-0.3, -0.25) is 9.58 Å². The van der Waals surface area contributed by atoms with Gasteiger partial charge in [0.1, 0.15) is 0 Å². The topological polar surface area (TPSA) is 89.1 Å². The van der Waals surface area contributed by atoms with Gasteiger partial charge >= 0.3 is 5.97 Å². The lowest BCUT2D eigenvalue weighted by atomic mass is 9.97. The Bertz CT molecular complexity index is 905. The lowest BCUT2D eigenvalue weighted by molar-refractivity contribution is 0.0690. The molecule has 27 heavy (non-hydrogen) atoms. The van der Waals surface area contributed by atoms with Crippen LogP contribution in [0.1, 0.15) is 28.9 Å². The van der Waals surface area contributed by atoms with Crippen molar-refractivity contribution >= 4 is 5.97 Å². The fourth-order valence-electron chi connectivity index (χ4n) is 3.67. The van der Waals surface area contributed by atoms with Gasteiger partial charge in [0, 0.05) is 32.0 Å². The number of rotatable bonds is 6. The Morgan fingerprint density at radius 3 is 3.00 bits per heavy atom. The van der Waals surface area contributed by atoms with Crippen LogP contribution in [0.3, 0.4) is 0 Å². The highest BCUT2D eigenvalue weighted by atomic mass is 16.4. The number of carboxylic acid groups (broad SMARTS) is 1. The number of aromatic nitrogens is 5. The van der Waals surface area contributed by atoms with Gasteiger partial charge in [-0.2, -0.15) is 5.10 Å². The second kappa shape index (κ2) is 7.71. The monoisotopic (exact) mass is 366 g/mol. The molecule has 0 spiro atoms. The van der Waals surface area contributed by atoms with Gasteiger partial charge < -0.3 is 5.11 Å². The third-order valence-electron chi connectivity index (χ3n) is 4.89. The molecule has 1 saturated heterocycles. The highest BCUT2D eigenvalue weighted by Gasteiger charge is 2.21. The Kier molecular flexibility index (Phi) is 4.97. The first-order valence-corrected chi connectivity index (χ1v) is 9.12. The van der Waals surface area contributed by atoms with Crippen LogP contribution in [0, 0.1) is 5.92 Å². The van der Waals surface area contributed by atoms with Crippen LogP contribution in [-0.2, 0) is 13.1 Å². The van der Waals surface area contributed by atoms with Crippen molar-refractivity contribution in [1.29, 1.82) is 0 Å². The molecule has 1 fully saturated rings. The molecule has 140 valence electrons. The van der Waals surface area contributed by atoms with Crippen molar-refractivity contribution in [3.63, 3.8) is 0 Å². The van der Waals surface area contributed by atoms with E-state index in [9.17, 15) is 4.79 Å². The van der Waals surface area contributed by atoms with Gasteiger partial charge in [-0.15, -0.1) is 5.10 Å². The summed E-state index contributed by atoms with van der Waals surface area (Å²) in [7, 11) is 0. The van der Waals surface area contributed by atoms with E-state index in [1.54, 1.807) is 10.9 Å². The van der Waals surface area contributed by atoms with Gasteiger partial charge in [0.25, 0.3) is 0 Å². The average molecular weight is 366 g/mol. The van der Waals surface area contributed by atoms with Crippen molar-refractivity contribution in [3.8, 4) is 5.69 Å². The summed E-state index contributed by atoms with van der Waals surface area (Å²) in [4.78, 5) is 13.4. The summed E-state index contributed by atoms with van der Waals surface area (Å²) in [5.41, 5.74) is 2.32. The van der Waals surface area contributed by atoms with Crippen molar-refractivity contribution in [3.05, 3.63) is 60.2 Å². The Labute approximate surface area is 157 Å². The van der Waals surface area contributed by atoms with Crippen LogP contribution in [-0.4, -0.2) is 53.8 Å². The van der Waals surface area contributed by atoms with Crippen LogP contribution in [0.15, 0.2) is 48.9 Å². The largest absolute Gasteiger partial charge is 0.476 e. The standard InChI is InChI=1S/C19H22N6O2/c26-19(27)18-14-24(22-21-18)13-16-5-2-8-23(12-16)11-15-4-1-6-17(10-15)25-9-3-7-20-25/h1,3-4,6-7,9-10,14,16H,2,5,8,11-13H2,(H,26,27)/t16-/m0/s1. The van der Waals surface area contributed by atoms with Crippen molar-refractivity contribution in [1.82, 2.24) is 29.7 Å². The molecule has 0 saturated carbocycles. The predicted molar refractivity (Wildman–Crippen MR) is 98.5 cm³/mol. The van der Waals surface area contributed by atoms with Crippen molar-refractivity contribution in [2.24, 2.45) is 5.92 Å². The highest BCUT2D eigenvalue weighted by Crippen LogP contribution is 2.21. The van der Waals surface area contributed by atoms with Crippen LogP contribution in [0.5, 0.6) is 0 Å². The van der Waals surface area contributed by atoms with Crippen molar-refractivity contribution in [2.45, 2.75) is 25.9 Å². The number of hydrogen-bond acceptors (Lipinski definition) is 5. The van der Waals surface area contributed by atoms with E-state index in [-0.39, 0.29) is 5.69 Å². The van der Waals surface area contributed by atoms with Gasteiger partial charge in [0.2, 0.25) is 0 Å². The Hall–Kier alpha value is -3.00. The fourth-order valence-corrected chi connectivity index (χ4v) is 3.67. The maximum Gasteiger partial charge on any atom is 0.358 e.